The van der Waals surface area contributed by atoms with Crippen LogP contribution in [0.4, 0.5) is 0 Å². The predicted molar refractivity (Wildman–Crippen MR) is 41.0 cm³/mol. The zero-order valence-electron chi connectivity index (χ0n) is 7.40. The Hall–Kier alpha value is 0.320. The SMILES string of the molecule is O=NN([O-])N1CCCCCC1.[Na+]. The van der Waals surface area contributed by atoms with Crippen LogP contribution in [-0.4, -0.2) is 23.4 Å². The van der Waals surface area contributed by atoms with Crippen molar-refractivity contribution < 1.29 is 29.6 Å². The molecule has 1 rings (SSSR count). The zero-order chi connectivity index (χ0) is 8.10. The predicted octanol–water partition coefficient (Wildman–Crippen LogP) is -1.74. The second kappa shape index (κ2) is 6.80. The Balaban J connectivity index is 0.00000121. The number of hydrogen-bond acceptors (Lipinski definition) is 4. The van der Waals surface area contributed by atoms with Crippen molar-refractivity contribution in [2.24, 2.45) is 5.29 Å². The van der Waals surface area contributed by atoms with Gasteiger partial charge in [0, 0.05) is 13.1 Å². The van der Waals surface area contributed by atoms with Gasteiger partial charge < -0.3 is 5.21 Å². The van der Waals surface area contributed by atoms with Gasteiger partial charge in [-0.25, -0.2) is 5.01 Å². The van der Waals surface area contributed by atoms with Crippen molar-refractivity contribution in [3.8, 4) is 0 Å². The Morgan fingerprint density at radius 3 is 2.08 bits per heavy atom. The molecule has 0 spiro atoms. The van der Waals surface area contributed by atoms with Crippen LogP contribution in [0, 0.1) is 10.1 Å². The van der Waals surface area contributed by atoms with E-state index in [2.05, 4.69) is 5.29 Å². The van der Waals surface area contributed by atoms with Gasteiger partial charge in [0.2, 0.25) is 0 Å². The minimum Gasteiger partial charge on any atom is -0.724 e. The molecule has 1 saturated heterocycles. The van der Waals surface area contributed by atoms with E-state index in [9.17, 15) is 10.1 Å². The van der Waals surface area contributed by atoms with Crippen molar-refractivity contribution in [3.63, 3.8) is 0 Å². The number of rotatable bonds is 2. The number of hydrazine groups is 1. The van der Waals surface area contributed by atoms with E-state index in [1.165, 1.54) is 5.01 Å². The van der Waals surface area contributed by atoms with E-state index in [4.69, 9.17) is 0 Å². The summed E-state index contributed by atoms with van der Waals surface area (Å²) in [6.45, 7) is 1.32. The molecular formula is C6H12N3NaO2. The molecule has 12 heavy (non-hydrogen) atoms. The van der Waals surface area contributed by atoms with Gasteiger partial charge in [0.25, 0.3) is 0 Å². The second-order valence-corrected chi connectivity index (χ2v) is 2.70. The average Bonchev–Trinajstić information content (AvgIpc) is 2.30. The molecule has 0 unspecified atom stereocenters. The Bertz CT molecular complexity index is 128. The fourth-order valence-corrected chi connectivity index (χ4v) is 1.28. The third-order valence-corrected chi connectivity index (χ3v) is 1.89. The third-order valence-electron chi connectivity index (χ3n) is 1.89. The Labute approximate surface area is 93.9 Å². The molecule has 1 aliphatic rings. The standard InChI is InChI=1S/C6H12N3O2.Na/c10-7-9(11)8-5-3-1-2-4-6-8;/h1-6H2;/q-1;+1. The quantitative estimate of drug-likeness (QED) is 0.288. The molecule has 0 amide bonds. The normalized spacial score (nSPS) is 19.1. The first kappa shape index (κ1) is 12.3. The summed E-state index contributed by atoms with van der Waals surface area (Å²) in [6.07, 6.45) is 4.24. The topological polar surface area (TPSA) is 59.0 Å². The summed E-state index contributed by atoms with van der Waals surface area (Å²) in [5.41, 5.74) is 0. The summed E-state index contributed by atoms with van der Waals surface area (Å²) in [7, 11) is 0. The van der Waals surface area contributed by atoms with Gasteiger partial charge >= 0.3 is 29.6 Å². The van der Waals surface area contributed by atoms with Crippen molar-refractivity contribution in [1.82, 2.24) is 10.3 Å². The van der Waals surface area contributed by atoms with Crippen LogP contribution in [-0.2, 0) is 0 Å². The summed E-state index contributed by atoms with van der Waals surface area (Å²) < 4.78 is 0. The average molecular weight is 181 g/mol. The first-order chi connectivity index (χ1) is 5.34. The maximum Gasteiger partial charge on any atom is 1.00 e. The van der Waals surface area contributed by atoms with Crippen molar-refractivity contribution in [1.29, 1.82) is 0 Å². The molecule has 6 heteroatoms. The minimum atomic E-state index is 0. The van der Waals surface area contributed by atoms with Crippen LogP contribution in [0.2, 0.25) is 0 Å². The Kier molecular flexibility index (Phi) is 6.98. The van der Waals surface area contributed by atoms with E-state index in [1.54, 1.807) is 0 Å². The molecule has 0 aromatic rings. The smallest absolute Gasteiger partial charge is 0.724 e. The Morgan fingerprint density at radius 2 is 1.67 bits per heavy atom. The third kappa shape index (κ3) is 3.82. The maximum absolute atomic E-state index is 10.7. The molecule has 0 aromatic carbocycles. The molecule has 0 N–H and O–H groups in total. The molecule has 1 fully saturated rings. The van der Waals surface area contributed by atoms with Crippen molar-refractivity contribution in [2.45, 2.75) is 25.7 Å². The van der Waals surface area contributed by atoms with Crippen LogP contribution in [0.25, 0.3) is 0 Å². The summed E-state index contributed by atoms with van der Waals surface area (Å²) in [5.74, 6) is 0. The van der Waals surface area contributed by atoms with Crippen LogP contribution in [0.5, 0.6) is 0 Å². The van der Waals surface area contributed by atoms with Crippen LogP contribution in [0.1, 0.15) is 25.7 Å². The first-order valence-corrected chi connectivity index (χ1v) is 3.90. The molecule has 1 aliphatic heterocycles. The van der Waals surface area contributed by atoms with Gasteiger partial charge in [-0.3, -0.25) is 5.28 Å². The van der Waals surface area contributed by atoms with Gasteiger partial charge in [-0.15, -0.1) is 4.91 Å². The van der Waals surface area contributed by atoms with Gasteiger partial charge in [0.15, 0.2) is 0 Å². The fourth-order valence-electron chi connectivity index (χ4n) is 1.28. The number of nitroso groups, excluding NO2 is 1. The summed E-state index contributed by atoms with van der Waals surface area (Å²) in [6, 6.07) is 0. The molecule has 0 aliphatic carbocycles. The van der Waals surface area contributed by atoms with Gasteiger partial charge in [-0.05, 0) is 12.8 Å². The van der Waals surface area contributed by atoms with Gasteiger partial charge in [0.1, 0.15) is 0 Å². The van der Waals surface area contributed by atoms with Crippen molar-refractivity contribution >= 4 is 0 Å². The van der Waals surface area contributed by atoms with E-state index in [0.29, 0.717) is 13.1 Å². The molecule has 5 nitrogen and oxygen atoms in total. The van der Waals surface area contributed by atoms with Crippen LogP contribution < -0.4 is 29.6 Å². The van der Waals surface area contributed by atoms with Gasteiger partial charge in [0.05, 0.1) is 5.29 Å². The first-order valence-electron chi connectivity index (χ1n) is 3.90. The van der Waals surface area contributed by atoms with Gasteiger partial charge in [-0.1, -0.05) is 12.8 Å². The second-order valence-electron chi connectivity index (χ2n) is 2.70. The minimum absolute atomic E-state index is 0. The summed E-state index contributed by atoms with van der Waals surface area (Å²) in [4.78, 5) is 9.84. The van der Waals surface area contributed by atoms with Crippen LogP contribution >= 0.6 is 0 Å². The van der Waals surface area contributed by atoms with Crippen molar-refractivity contribution in [3.05, 3.63) is 10.1 Å². The van der Waals surface area contributed by atoms with Crippen molar-refractivity contribution in [2.75, 3.05) is 13.1 Å². The molecule has 0 saturated carbocycles. The number of hydrogen-bond donors (Lipinski definition) is 0. The van der Waals surface area contributed by atoms with Crippen LogP contribution in [0.3, 0.4) is 0 Å². The molecule has 0 bridgehead atoms. The summed E-state index contributed by atoms with van der Waals surface area (Å²) >= 11 is 0. The molecule has 0 aromatic heterocycles. The molecule has 64 valence electrons. The molecule has 0 atom stereocenters. The fraction of sp³-hybridized carbons (Fsp3) is 1.00. The number of nitrogens with zero attached hydrogens (tertiary/aromatic N) is 3. The van der Waals surface area contributed by atoms with E-state index < -0.39 is 0 Å². The van der Waals surface area contributed by atoms with E-state index in [1.807, 2.05) is 0 Å². The van der Waals surface area contributed by atoms with Crippen LogP contribution in [0.15, 0.2) is 5.29 Å². The molecular weight excluding hydrogens is 169 g/mol. The van der Waals surface area contributed by atoms with E-state index in [-0.39, 0.29) is 34.8 Å². The maximum atomic E-state index is 10.7. The largest absolute Gasteiger partial charge is 1.00 e. The summed E-state index contributed by atoms with van der Waals surface area (Å²) in [5, 5.41) is 14.6. The zero-order valence-corrected chi connectivity index (χ0v) is 9.40. The molecule has 0 radical (unpaired) electrons. The van der Waals surface area contributed by atoms with E-state index >= 15 is 0 Å². The van der Waals surface area contributed by atoms with E-state index in [0.717, 1.165) is 25.7 Å². The van der Waals surface area contributed by atoms with Gasteiger partial charge in [-0.2, -0.15) is 0 Å². The molecule has 1 heterocycles. The monoisotopic (exact) mass is 181 g/mol. The Morgan fingerprint density at radius 1 is 1.17 bits per heavy atom.